The molecule has 1 aliphatic rings. The number of ether oxygens (including phenoxy) is 2. The van der Waals surface area contributed by atoms with E-state index in [2.05, 4.69) is 20.6 Å². The summed E-state index contributed by atoms with van der Waals surface area (Å²) in [5.74, 6) is 0.784. The summed E-state index contributed by atoms with van der Waals surface area (Å²) in [4.78, 5) is 8.11. The zero-order chi connectivity index (χ0) is 19.7. The lowest BCUT2D eigenvalue weighted by atomic mass is 10.2. The summed E-state index contributed by atoms with van der Waals surface area (Å²) in [6, 6.07) is 8.42. The van der Waals surface area contributed by atoms with E-state index in [0.29, 0.717) is 41.7 Å². The van der Waals surface area contributed by atoms with E-state index in [1.165, 1.54) is 6.07 Å². The van der Waals surface area contributed by atoms with Crippen LogP contribution in [0.5, 0.6) is 17.2 Å². The predicted molar refractivity (Wildman–Crippen MR) is 104 cm³/mol. The van der Waals surface area contributed by atoms with E-state index in [4.69, 9.17) is 21.1 Å². The van der Waals surface area contributed by atoms with Crippen LogP contribution in [0.15, 0.2) is 36.5 Å². The lowest BCUT2D eigenvalue weighted by molar-refractivity contribution is 0.171. The summed E-state index contributed by atoms with van der Waals surface area (Å²) >= 11 is 5.98. The van der Waals surface area contributed by atoms with E-state index in [1.807, 2.05) is 0 Å². The Labute approximate surface area is 165 Å². The molecule has 0 radical (unpaired) electrons. The average Bonchev–Trinajstić information content (AvgIpc) is 2.68. The van der Waals surface area contributed by atoms with Gasteiger partial charge in [0, 0.05) is 17.4 Å². The van der Waals surface area contributed by atoms with Gasteiger partial charge in [-0.15, -0.1) is 0 Å². The molecule has 0 aliphatic carbocycles. The molecule has 0 atom stereocenters. The molecule has 1 aromatic heterocycles. The molecule has 28 heavy (non-hydrogen) atoms. The number of benzene rings is 2. The van der Waals surface area contributed by atoms with Crippen LogP contribution in [0.3, 0.4) is 0 Å². The number of rotatable bonds is 4. The first-order valence-electron chi connectivity index (χ1n) is 8.45. The minimum absolute atomic E-state index is 0.00391. The second kappa shape index (κ2) is 7.40. The lowest BCUT2D eigenvalue weighted by Crippen LogP contribution is -2.15. The van der Waals surface area contributed by atoms with Gasteiger partial charge in [0.1, 0.15) is 19.0 Å². The van der Waals surface area contributed by atoms with Crippen molar-refractivity contribution >= 4 is 34.7 Å². The summed E-state index contributed by atoms with van der Waals surface area (Å²) in [6.45, 7) is 2.67. The summed E-state index contributed by atoms with van der Waals surface area (Å²) in [6.07, 6.45) is 1.06. The van der Waals surface area contributed by atoms with Crippen molar-refractivity contribution in [1.82, 2.24) is 9.97 Å². The molecule has 0 amide bonds. The van der Waals surface area contributed by atoms with Crippen LogP contribution in [-0.2, 0) is 0 Å². The first-order chi connectivity index (χ1) is 13.5. The highest BCUT2D eigenvalue weighted by atomic mass is 35.5. The van der Waals surface area contributed by atoms with Crippen molar-refractivity contribution in [3.05, 3.63) is 52.9 Å². The van der Waals surface area contributed by atoms with Crippen LogP contribution < -0.4 is 20.1 Å². The Balaban J connectivity index is 1.57. The molecule has 7 nitrogen and oxygen atoms in total. The lowest BCUT2D eigenvalue weighted by Gasteiger charge is -2.19. The zero-order valence-corrected chi connectivity index (χ0v) is 15.5. The van der Waals surface area contributed by atoms with E-state index in [9.17, 15) is 9.50 Å². The standard InChI is InChI=1S/C19H16ClFN4O3/c1-10-6-12(7-13(20)17(10)26)24-19-22-9-14(21)18(25-19)23-11-2-3-15-16(8-11)28-5-4-27-15/h2-3,6-9,26H,4-5H2,1H3,(H2,22,23,24,25). The number of hydrogen-bond donors (Lipinski definition) is 3. The van der Waals surface area contributed by atoms with Gasteiger partial charge in [-0.25, -0.2) is 9.37 Å². The van der Waals surface area contributed by atoms with Crippen LogP contribution in [0.25, 0.3) is 0 Å². The van der Waals surface area contributed by atoms with Gasteiger partial charge in [-0.1, -0.05) is 11.6 Å². The van der Waals surface area contributed by atoms with Crippen molar-refractivity contribution in [2.75, 3.05) is 23.8 Å². The molecule has 144 valence electrons. The summed E-state index contributed by atoms with van der Waals surface area (Å²) in [7, 11) is 0. The Hall–Kier alpha value is -3.26. The number of aromatic nitrogens is 2. The van der Waals surface area contributed by atoms with Crippen molar-refractivity contribution in [3.63, 3.8) is 0 Å². The highest BCUT2D eigenvalue weighted by Gasteiger charge is 2.14. The van der Waals surface area contributed by atoms with E-state index in [-0.39, 0.29) is 22.5 Å². The number of aromatic hydroxyl groups is 1. The van der Waals surface area contributed by atoms with Gasteiger partial charge in [0.2, 0.25) is 5.95 Å². The molecular formula is C19H16ClFN4O3. The van der Waals surface area contributed by atoms with Crippen LogP contribution in [-0.4, -0.2) is 28.3 Å². The number of fused-ring (bicyclic) bond motifs is 1. The highest BCUT2D eigenvalue weighted by molar-refractivity contribution is 6.32. The van der Waals surface area contributed by atoms with Gasteiger partial charge in [0.15, 0.2) is 23.1 Å². The second-order valence-corrected chi connectivity index (χ2v) is 6.53. The Morgan fingerprint density at radius 3 is 2.64 bits per heavy atom. The van der Waals surface area contributed by atoms with Gasteiger partial charge in [-0.05, 0) is 36.8 Å². The normalized spacial score (nSPS) is 12.5. The number of nitrogens with zero attached hydrogens (tertiary/aromatic N) is 2. The van der Waals surface area contributed by atoms with Gasteiger partial charge in [-0.2, -0.15) is 4.98 Å². The van der Waals surface area contributed by atoms with Gasteiger partial charge < -0.3 is 25.2 Å². The zero-order valence-electron chi connectivity index (χ0n) is 14.8. The van der Waals surface area contributed by atoms with Gasteiger partial charge >= 0.3 is 0 Å². The van der Waals surface area contributed by atoms with Crippen LogP contribution in [0, 0.1) is 12.7 Å². The van der Waals surface area contributed by atoms with Crippen molar-refractivity contribution < 1.29 is 19.0 Å². The monoisotopic (exact) mass is 402 g/mol. The maximum atomic E-state index is 14.2. The predicted octanol–water partition coefficient (Wildman–Crippen LogP) is 4.54. The average molecular weight is 403 g/mol. The van der Waals surface area contributed by atoms with E-state index >= 15 is 0 Å². The van der Waals surface area contributed by atoms with Crippen LogP contribution >= 0.6 is 11.6 Å². The third-order valence-corrected chi connectivity index (χ3v) is 4.35. The van der Waals surface area contributed by atoms with E-state index in [0.717, 1.165) is 6.20 Å². The smallest absolute Gasteiger partial charge is 0.229 e. The fourth-order valence-corrected chi connectivity index (χ4v) is 2.98. The number of anilines is 4. The van der Waals surface area contributed by atoms with Gasteiger partial charge in [0.05, 0.1) is 11.2 Å². The quantitative estimate of drug-likeness (QED) is 0.552. The van der Waals surface area contributed by atoms with E-state index < -0.39 is 5.82 Å². The molecule has 2 heterocycles. The highest BCUT2D eigenvalue weighted by Crippen LogP contribution is 2.34. The third-order valence-electron chi connectivity index (χ3n) is 4.06. The molecule has 3 aromatic rings. The molecule has 0 saturated heterocycles. The number of nitrogens with one attached hydrogen (secondary N) is 2. The van der Waals surface area contributed by atoms with Crippen LogP contribution in [0.4, 0.5) is 27.5 Å². The van der Waals surface area contributed by atoms with Crippen molar-refractivity contribution in [3.8, 4) is 17.2 Å². The number of phenolic OH excluding ortho intramolecular Hbond substituents is 1. The largest absolute Gasteiger partial charge is 0.506 e. The molecule has 4 rings (SSSR count). The first-order valence-corrected chi connectivity index (χ1v) is 8.83. The minimum Gasteiger partial charge on any atom is -0.506 e. The maximum absolute atomic E-state index is 14.2. The fourth-order valence-electron chi connectivity index (χ4n) is 2.71. The van der Waals surface area contributed by atoms with Crippen LogP contribution in [0.1, 0.15) is 5.56 Å². The SMILES string of the molecule is Cc1cc(Nc2ncc(F)c(Nc3ccc4c(c3)OCCO4)n2)cc(Cl)c1O. The number of hydrogen-bond acceptors (Lipinski definition) is 7. The number of phenols is 1. The first kappa shape index (κ1) is 18.1. The summed E-state index contributed by atoms with van der Waals surface area (Å²) in [5, 5.41) is 15.8. The van der Waals surface area contributed by atoms with Crippen LogP contribution in [0.2, 0.25) is 5.02 Å². The van der Waals surface area contributed by atoms with Crippen molar-refractivity contribution in [2.45, 2.75) is 6.92 Å². The third kappa shape index (κ3) is 3.72. The minimum atomic E-state index is -0.611. The molecule has 3 N–H and O–H groups in total. The van der Waals surface area contributed by atoms with Crippen molar-refractivity contribution in [2.24, 2.45) is 0 Å². The molecule has 0 unspecified atom stereocenters. The topological polar surface area (TPSA) is 88.5 Å². The number of aryl methyl sites for hydroxylation is 1. The molecule has 2 aromatic carbocycles. The molecule has 0 spiro atoms. The van der Waals surface area contributed by atoms with E-state index in [1.54, 1.807) is 31.2 Å². The molecule has 0 fully saturated rings. The number of halogens is 2. The molecule has 0 saturated carbocycles. The molecule has 9 heteroatoms. The van der Waals surface area contributed by atoms with Gasteiger partial charge in [-0.3, -0.25) is 0 Å². The summed E-state index contributed by atoms with van der Waals surface area (Å²) < 4.78 is 25.2. The van der Waals surface area contributed by atoms with Gasteiger partial charge in [0.25, 0.3) is 0 Å². The second-order valence-electron chi connectivity index (χ2n) is 6.12. The Bertz CT molecular complexity index is 1020. The molecule has 1 aliphatic heterocycles. The fraction of sp³-hybridized carbons (Fsp3) is 0.158. The van der Waals surface area contributed by atoms with Crippen molar-refractivity contribution in [1.29, 1.82) is 0 Å². The molecular weight excluding hydrogens is 387 g/mol. The Kier molecular flexibility index (Phi) is 4.79. The Morgan fingerprint density at radius 1 is 1.07 bits per heavy atom. The maximum Gasteiger partial charge on any atom is 0.229 e. The molecule has 0 bridgehead atoms. The summed E-state index contributed by atoms with van der Waals surface area (Å²) in [5.41, 5.74) is 1.75. The Morgan fingerprint density at radius 2 is 1.86 bits per heavy atom.